The number of nitrogens with zero attached hydrogens (tertiary/aromatic N) is 1. The number of benzene rings is 1. The number of thiazole rings is 1. The van der Waals surface area contributed by atoms with Crippen LogP contribution >= 0.6 is 22.9 Å². The molecule has 62 valence electrons. The smallest absolute Gasteiger partial charge is 0.181 e. The van der Waals surface area contributed by atoms with Crippen molar-refractivity contribution in [3.8, 4) is 0 Å². The molecule has 0 aliphatic rings. The van der Waals surface area contributed by atoms with Gasteiger partial charge in [0.15, 0.2) is 5.13 Å². The topological polar surface area (TPSA) is 38.9 Å². The van der Waals surface area contributed by atoms with E-state index in [1.807, 2.05) is 19.1 Å². The monoisotopic (exact) mass is 198 g/mol. The summed E-state index contributed by atoms with van der Waals surface area (Å²) in [5.74, 6) is 0. The Morgan fingerprint density at radius 2 is 2.25 bits per heavy atom. The Morgan fingerprint density at radius 1 is 1.50 bits per heavy atom. The van der Waals surface area contributed by atoms with E-state index in [1.165, 1.54) is 11.3 Å². The van der Waals surface area contributed by atoms with Crippen LogP contribution in [0.5, 0.6) is 0 Å². The lowest BCUT2D eigenvalue weighted by Gasteiger charge is -1.93. The van der Waals surface area contributed by atoms with Crippen LogP contribution in [0, 0.1) is 6.92 Å². The SMILES string of the molecule is Cc1cc(Cl)c2sc(N)nc2c1. The largest absolute Gasteiger partial charge is 0.375 e. The predicted molar refractivity (Wildman–Crippen MR) is 53.8 cm³/mol. The van der Waals surface area contributed by atoms with E-state index in [2.05, 4.69) is 4.98 Å². The normalized spacial score (nSPS) is 10.8. The summed E-state index contributed by atoms with van der Waals surface area (Å²) >= 11 is 7.41. The van der Waals surface area contributed by atoms with Gasteiger partial charge in [0.1, 0.15) is 0 Å². The van der Waals surface area contributed by atoms with Crippen molar-refractivity contribution in [2.75, 3.05) is 5.73 Å². The van der Waals surface area contributed by atoms with Crippen molar-refractivity contribution >= 4 is 38.3 Å². The van der Waals surface area contributed by atoms with Gasteiger partial charge in [0.25, 0.3) is 0 Å². The minimum atomic E-state index is 0.567. The molecule has 0 radical (unpaired) electrons. The van der Waals surface area contributed by atoms with Crippen LogP contribution < -0.4 is 5.73 Å². The number of anilines is 1. The zero-order chi connectivity index (χ0) is 8.72. The number of hydrogen-bond donors (Lipinski definition) is 1. The van der Waals surface area contributed by atoms with E-state index in [1.54, 1.807) is 0 Å². The van der Waals surface area contributed by atoms with Crippen molar-refractivity contribution < 1.29 is 0 Å². The first-order valence-corrected chi connectivity index (χ1v) is 4.68. The maximum atomic E-state index is 5.99. The fourth-order valence-electron chi connectivity index (χ4n) is 1.14. The average Bonchev–Trinajstić information content (AvgIpc) is 2.29. The van der Waals surface area contributed by atoms with Crippen molar-refractivity contribution in [1.29, 1.82) is 0 Å². The fraction of sp³-hybridized carbons (Fsp3) is 0.125. The Morgan fingerprint density at radius 3 is 3.00 bits per heavy atom. The molecule has 0 amide bonds. The Kier molecular flexibility index (Phi) is 1.70. The molecule has 0 saturated carbocycles. The van der Waals surface area contributed by atoms with Crippen molar-refractivity contribution in [3.63, 3.8) is 0 Å². The third-order valence-corrected chi connectivity index (χ3v) is 2.95. The summed E-state index contributed by atoms with van der Waals surface area (Å²) in [5.41, 5.74) is 7.56. The van der Waals surface area contributed by atoms with Crippen LogP contribution in [0.25, 0.3) is 10.2 Å². The second-order valence-corrected chi connectivity index (χ2v) is 4.08. The molecule has 1 aromatic carbocycles. The van der Waals surface area contributed by atoms with Crippen LogP contribution in [0.1, 0.15) is 5.56 Å². The highest BCUT2D eigenvalue weighted by molar-refractivity contribution is 7.22. The van der Waals surface area contributed by atoms with E-state index in [4.69, 9.17) is 17.3 Å². The highest BCUT2D eigenvalue weighted by Gasteiger charge is 2.05. The molecular weight excluding hydrogens is 192 g/mol. The third-order valence-electron chi connectivity index (χ3n) is 1.61. The summed E-state index contributed by atoms with van der Waals surface area (Å²) < 4.78 is 0.972. The molecule has 0 bridgehead atoms. The Labute approximate surface area is 79.0 Å². The van der Waals surface area contributed by atoms with E-state index in [9.17, 15) is 0 Å². The van der Waals surface area contributed by atoms with Crippen molar-refractivity contribution in [3.05, 3.63) is 22.7 Å². The Bertz CT molecular complexity index is 436. The molecule has 0 saturated heterocycles. The third kappa shape index (κ3) is 1.15. The number of aromatic nitrogens is 1. The van der Waals surface area contributed by atoms with Gasteiger partial charge in [0.2, 0.25) is 0 Å². The van der Waals surface area contributed by atoms with E-state index in [-0.39, 0.29) is 0 Å². The quantitative estimate of drug-likeness (QED) is 0.707. The molecule has 2 rings (SSSR count). The zero-order valence-corrected chi connectivity index (χ0v) is 8.04. The van der Waals surface area contributed by atoms with E-state index in [0.717, 1.165) is 20.8 Å². The summed E-state index contributed by atoms with van der Waals surface area (Å²) in [5, 5.41) is 1.30. The molecule has 4 heteroatoms. The first-order valence-electron chi connectivity index (χ1n) is 3.49. The van der Waals surface area contributed by atoms with Gasteiger partial charge in [-0.2, -0.15) is 0 Å². The summed E-state index contributed by atoms with van der Waals surface area (Å²) in [7, 11) is 0. The molecule has 2 N–H and O–H groups in total. The number of fused-ring (bicyclic) bond motifs is 1. The predicted octanol–water partition coefficient (Wildman–Crippen LogP) is 2.84. The Balaban J connectivity index is 2.88. The molecule has 1 aromatic heterocycles. The number of halogens is 1. The van der Waals surface area contributed by atoms with Gasteiger partial charge in [-0.3, -0.25) is 0 Å². The summed E-state index contributed by atoms with van der Waals surface area (Å²) in [6.07, 6.45) is 0. The van der Waals surface area contributed by atoms with E-state index >= 15 is 0 Å². The van der Waals surface area contributed by atoms with Gasteiger partial charge < -0.3 is 5.73 Å². The van der Waals surface area contributed by atoms with Crippen LogP contribution in [-0.2, 0) is 0 Å². The molecular formula is C8H7ClN2S. The summed E-state index contributed by atoms with van der Waals surface area (Å²) in [6, 6.07) is 3.90. The molecule has 2 aromatic rings. The number of hydrogen-bond acceptors (Lipinski definition) is 3. The van der Waals surface area contributed by atoms with Crippen molar-refractivity contribution in [2.24, 2.45) is 0 Å². The summed E-state index contributed by atoms with van der Waals surface area (Å²) in [6.45, 7) is 1.99. The number of nitrogens with two attached hydrogens (primary N) is 1. The fourth-order valence-corrected chi connectivity index (χ4v) is 2.24. The lowest BCUT2D eigenvalue weighted by atomic mass is 10.2. The molecule has 2 nitrogen and oxygen atoms in total. The standard InChI is InChI=1S/C8H7ClN2S/c1-4-2-5(9)7-6(3-4)11-8(10)12-7/h2-3H,1H3,(H2,10,11). The maximum Gasteiger partial charge on any atom is 0.181 e. The molecule has 0 aliphatic carbocycles. The highest BCUT2D eigenvalue weighted by Crippen LogP contribution is 2.31. The van der Waals surface area contributed by atoms with Crippen LogP contribution in [0.15, 0.2) is 12.1 Å². The molecule has 12 heavy (non-hydrogen) atoms. The minimum absolute atomic E-state index is 0.567. The minimum Gasteiger partial charge on any atom is -0.375 e. The van der Waals surface area contributed by atoms with E-state index in [0.29, 0.717) is 5.13 Å². The van der Waals surface area contributed by atoms with Gasteiger partial charge in [-0.15, -0.1) is 0 Å². The van der Waals surface area contributed by atoms with Crippen molar-refractivity contribution in [1.82, 2.24) is 4.98 Å². The van der Waals surface area contributed by atoms with Gasteiger partial charge >= 0.3 is 0 Å². The van der Waals surface area contributed by atoms with Crippen LogP contribution in [0.4, 0.5) is 5.13 Å². The molecule has 0 aliphatic heterocycles. The number of rotatable bonds is 0. The van der Waals surface area contributed by atoms with Crippen LogP contribution in [0.3, 0.4) is 0 Å². The molecule has 0 unspecified atom stereocenters. The highest BCUT2D eigenvalue weighted by atomic mass is 35.5. The van der Waals surface area contributed by atoms with Crippen LogP contribution in [0.2, 0.25) is 5.02 Å². The summed E-state index contributed by atoms with van der Waals surface area (Å²) in [4.78, 5) is 4.15. The second-order valence-electron chi connectivity index (χ2n) is 2.65. The number of nitrogen functional groups attached to an aromatic ring is 1. The lowest BCUT2D eigenvalue weighted by molar-refractivity contribution is 1.45. The second kappa shape index (κ2) is 2.61. The molecule has 0 fully saturated rings. The van der Waals surface area contributed by atoms with E-state index < -0.39 is 0 Å². The van der Waals surface area contributed by atoms with Crippen LogP contribution in [-0.4, -0.2) is 4.98 Å². The van der Waals surface area contributed by atoms with Gasteiger partial charge in [-0.25, -0.2) is 4.98 Å². The lowest BCUT2D eigenvalue weighted by Crippen LogP contribution is -1.79. The van der Waals surface area contributed by atoms with Crippen molar-refractivity contribution in [2.45, 2.75) is 6.92 Å². The van der Waals surface area contributed by atoms with Gasteiger partial charge in [-0.05, 0) is 24.6 Å². The van der Waals surface area contributed by atoms with Gasteiger partial charge in [0.05, 0.1) is 15.2 Å². The van der Waals surface area contributed by atoms with Gasteiger partial charge in [0, 0.05) is 0 Å². The average molecular weight is 199 g/mol. The maximum absolute atomic E-state index is 5.99. The van der Waals surface area contributed by atoms with Gasteiger partial charge in [-0.1, -0.05) is 22.9 Å². The molecule has 0 spiro atoms. The first-order chi connectivity index (χ1) is 5.66. The number of aryl methyl sites for hydroxylation is 1. The zero-order valence-electron chi connectivity index (χ0n) is 6.47. The Hall–Kier alpha value is -0.800. The molecule has 0 atom stereocenters. The first kappa shape index (κ1) is 7.83. The molecule has 1 heterocycles.